The minimum absolute atomic E-state index is 0.366. The predicted octanol–water partition coefficient (Wildman–Crippen LogP) is 2.25. The minimum atomic E-state index is 0.366. The molecule has 4 nitrogen and oxygen atoms in total. The number of hydrogen-bond donors (Lipinski definition) is 1. The Morgan fingerprint density at radius 3 is 2.62 bits per heavy atom. The molecule has 1 aromatic heterocycles. The number of hydrogen-bond acceptors (Lipinski definition) is 4. The molecule has 0 saturated heterocycles. The molecule has 1 aromatic rings. The van der Waals surface area contributed by atoms with Crippen LogP contribution in [0.3, 0.4) is 0 Å². The fraction of sp³-hybridized carbons (Fsp3) is 0.706. The Bertz CT molecular complexity index is 477. The van der Waals surface area contributed by atoms with E-state index in [1.807, 2.05) is 6.20 Å². The summed E-state index contributed by atoms with van der Waals surface area (Å²) >= 11 is 0. The highest BCUT2D eigenvalue weighted by molar-refractivity contribution is 5.46. The van der Waals surface area contributed by atoms with Gasteiger partial charge in [-0.3, -0.25) is 4.98 Å². The van der Waals surface area contributed by atoms with Crippen molar-refractivity contribution in [2.75, 3.05) is 32.6 Å². The number of nitrogens with zero attached hydrogens (tertiary/aromatic N) is 3. The third-order valence-electron chi connectivity index (χ3n) is 5.15. The van der Waals surface area contributed by atoms with Gasteiger partial charge in [-0.15, -0.1) is 0 Å². The molecule has 0 bridgehead atoms. The topological polar surface area (TPSA) is 31.4 Å². The molecule has 1 heterocycles. The number of likely N-dealkylation sites (N-methyl/N-ethyl adjacent to an activating group) is 2. The van der Waals surface area contributed by atoms with Gasteiger partial charge < -0.3 is 15.1 Å². The zero-order valence-electron chi connectivity index (χ0n) is 13.6. The van der Waals surface area contributed by atoms with Crippen LogP contribution in [-0.4, -0.2) is 49.2 Å². The fourth-order valence-corrected chi connectivity index (χ4v) is 3.20. The molecule has 0 unspecified atom stereocenters. The number of nitrogens with one attached hydrogen (secondary N) is 1. The summed E-state index contributed by atoms with van der Waals surface area (Å²) in [4.78, 5) is 9.28. The van der Waals surface area contributed by atoms with E-state index in [0.717, 1.165) is 24.8 Å². The largest absolute Gasteiger partial charge is 0.373 e. The van der Waals surface area contributed by atoms with E-state index in [1.165, 1.54) is 37.8 Å². The maximum atomic E-state index is 4.49. The molecule has 2 aliphatic rings. The van der Waals surface area contributed by atoms with Crippen molar-refractivity contribution in [3.63, 3.8) is 0 Å². The molecule has 2 aliphatic carbocycles. The van der Waals surface area contributed by atoms with E-state index < -0.39 is 0 Å². The highest BCUT2D eigenvalue weighted by Gasteiger charge is 2.39. The van der Waals surface area contributed by atoms with E-state index in [9.17, 15) is 0 Å². The van der Waals surface area contributed by atoms with Gasteiger partial charge in [-0.25, -0.2) is 0 Å². The van der Waals surface area contributed by atoms with E-state index in [1.54, 1.807) is 0 Å². The number of rotatable bonds is 7. The molecule has 1 N–H and O–H groups in total. The number of pyridine rings is 1. The third-order valence-corrected chi connectivity index (χ3v) is 5.15. The molecule has 3 rings (SSSR count). The Balaban J connectivity index is 1.63. The van der Waals surface area contributed by atoms with E-state index in [0.29, 0.717) is 5.54 Å². The predicted molar refractivity (Wildman–Crippen MR) is 87.6 cm³/mol. The van der Waals surface area contributed by atoms with Gasteiger partial charge in [0.25, 0.3) is 0 Å². The van der Waals surface area contributed by atoms with Crippen molar-refractivity contribution >= 4 is 5.69 Å². The Labute approximate surface area is 128 Å². The summed E-state index contributed by atoms with van der Waals surface area (Å²) in [6, 6.07) is 5.10. The van der Waals surface area contributed by atoms with Crippen molar-refractivity contribution in [2.24, 2.45) is 0 Å². The molecule has 116 valence electrons. The van der Waals surface area contributed by atoms with Crippen molar-refractivity contribution in [1.82, 2.24) is 15.2 Å². The zero-order valence-corrected chi connectivity index (χ0v) is 13.6. The molecule has 0 aliphatic heterocycles. The number of anilines is 1. The second-order valence-electron chi connectivity index (χ2n) is 6.99. The van der Waals surface area contributed by atoms with E-state index in [4.69, 9.17) is 0 Å². The summed E-state index contributed by atoms with van der Waals surface area (Å²) in [7, 11) is 6.63. The van der Waals surface area contributed by atoms with Crippen LogP contribution >= 0.6 is 0 Å². The van der Waals surface area contributed by atoms with Crippen LogP contribution in [0.2, 0.25) is 0 Å². The summed E-state index contributed by atoms with van der Waals surface area (Å²) in [6.07, 6.45) is 8.57. The number of aromatic nitrogens is 1. The minimum Gasteiger partial charge on any atom is -0.373 e. The van der Waals surface area contributed by atoms with Crippen LogP contribution in [-0.2, 0) is 6.54 Å². The molecule has 2 fully saturated rings. The molecule has 0 atom stereocenters. The second kappa shape index (κ2) is 5.93. The first kappa shape index (κ1) is 14.8. The SMILES string of the molecule is CN(CC1(N(C)C)CCC1)c1ccnc(CNC2CC2)c1. The van der Waals surface area contributed by atoms with Gasteiger partial charge in [0.1, 0.15) is 0 Å². The van der Waals surface area contributed by atoms with Gasteiger partial charge in [-0.1, -0.05) is 0 Å². The lowest BCUT2D eigenvalue weighted by Crippen LogP contribution is -2.56. The Morgan fingerprint density at radius 2 is 2.05 bits per heavy atom. The Hall–Kier alpha value is -1.13. The quantitative estimate of drug-likeness (QED) is 0.834. The summed E-state index contributed by atoms with van der Waals surface area (Å²) in [5, 5.41) is 3.54. The first-order valence-corrected chi connectivity index (χ1v) is 8.16. The van der Waals surface area contributed by atoms with Crippen LogP contribution in [0, 0.1) is 0 Å². The van der Waals surface area contributed by atoms with E-state index >= 15 is 0 Å². The van der Waals surface area contributed by atoms with Crippen LogP contribution in [0.25, 0.3) is 0 Å². The van der Waals surface area contributed by atoms with Gasteiger partial charge in [0.15, 0.2) is 0 Å². The Kier molecular flexibility index (Phi) is 4.18. The summed E-state index contributed by atoms with van der Waals surface area (Å²) in [5.41, 5.74) is 2.80. The second-order valence-corrected chi connectivity index (χ2v) is 6.99. The summed E-state index contributed by atoms with van der Waals surface area (Å²) < 4.78 is 0. The first-order chi connectivity index (χ1) is 10.1. The van der Waals surface area contributed by atoms with Crippen LogP contribution in [0.4, 0.5) is 5.69 Å². The van der Waals surface area contributed by atoms with Crippen LogP contribution < -0.4 is 10.2 Å². The summed E-state index contributed by atoms with van der Waals surface area (Å²) in [6.45, 7) is 1.99. The molecule has 0 spiro atoms. The normalized spacial score (nSPS) is 20.4. The summed E-state index contributed by atoms with van der Waals surface area (Å²) in [5.74, 6) is 0. The lowest BCUT2D eigenvalue weighted by molar-refractivity contribution is 0.0683. The molecule has 0 radical (unpaired) electrons. The van der Waals surface area contributed by atoms with E-state index in [-0.39, 0.29) is 0 Å². The fourth-order valence-electron chi connectivity index (χ4n) is 3.20. The molecule has 0 amide bonds. The van der Waals surface area contributed by atoms with Gasteiger partial charge >= 0.3 is 0 Å². The van der Waals surface area contributed by atoms with Gasteiger partial charge in [-0.2, -0.15) is 0 Å². The molecular weight excluding hydrogens is 260 g/mol. The Morgan fingerprint density at radius 1 is 1.29 bits per heavy atom. The van der Waals surface area contributed by atoms with Crippen molar-refractivity contribution < 1.29 is 0 Å². The van der Waals surface area contributed by atoms with Crippen LogP contribution in [0.15, 0.2) is 18.3 Å². The van der Waals surface area contributed by atoms with Crippen LogP contribution in [0.1, 0.15) is 37.8 Å². The molecular formula is C17H28N4. The van der Waals surface area contributed by atoms with Crippen LogP contribution in [0.5, 0.6) is 0 Å². The standard InChI is InChI=1S/C17H28N4/c1-20(2)17(8-4-9-17)13-21(3)16-7-10-18-15(11-16)12-19-14-5-6-14/h7,10-11,14,19H,4-6,8-9,12-13H2,1-3H3. The smallest absolute Gasteiger partial charge is 0.0562 e. The average Bonchev–Trinajstić information content (AvgIpc) is 3.24. The molecule has 21 heavy (non-hydrogen) atoms. The first-order valence-electron chi connectivity index (χ1n) is 8.16. The van der Waals surface area contributed by atoms with Gasteiger partial charge in [-0.05, 0) is 58.3 Å². The van der Waals surface area contributed by atoms with Crippen molar-refractivity contribution in [2.45, 2.75) is 50.2 Å². The third kappa shape index (κ3) is 3.38. The highest BCUT2D eigenvalue weighted by atomic mass is 15.2. The average molecular weight is 288 g/mol. The lowest BCUT2D eigenvalue weighted by atomic mass is 9.75. The molecule has 4 heteroatoms. The van der Waals surface area contributed by atoms with Gasteiger partial charge in [0.2, 0.25) is 0 Å². The van der Waals surface area contributed by atoms with Crippen molar-refractivity contribution in [1.29, 1.82) is 0 Å². The van der Waals surface area contributed by atoms with Gasteiger partial charge in [0.05, 0.1) is 5.69 Å². The van der Waals surface area contributed by atoms with E-state index in [2.05, 4.69) is 53.4 Å². The molecule has 0 aromatic carbocycles. The maximum absolute atomic E-state index is 4.49. The highest BCUT2D eigenvalue weighted by Crippen LogP contribution is 2.37. The van der Waals surface area contributed by atoms with Gasteiger partial charge in [0, 0.05) is 43.6 Å². The van der Waals surface area contributed by atoms with Crippen molar-refractivity contribution in [3.05, 3.63) is 24.0 Å². The monoisotopic (exact) mass is 288 g/mol. The van der Waals surface area contributed by atoms with Crippen molar-refractivity contribution in [3.8, 4) is 0 Å². The zero-order chi connectivity index (χ0) is 14.9. The maximum Gasteiger partial charge on any atom is 0.0562 e. The lowest BCUT2D eigenvalue weighted by Gasteiger charge is -2.49. The molecule has 2 saturated carbocycles.